The molecule has 2 heterocycles. The monoisotopic (exact) mass is 407 g/mol. The number of H-pyrrole nitrogens is 1. The van der Waals surface area contributed by atoms with Gasteiger partial charge in [0.15, 0.2) is 0 Å². The fourth-order valence-electron chi connectivity index (χ4n) is 4.02. The van der Waals surface area contributed by atoms with Crippen LogP contribution in [0.4, 0.5) is 4.39 Å². The Bertz CT molecular complexity index is 1020. The predicted molar refractivity (Wildman–Crippen MR) is 114 cm³/mol. The van der Waals surface area contributed by atoms with Gasteiger partial charge in [0.25, 0.3) is 5.91 Å². The van der Waals surface area contributed by atoms with Gasteiger partial charge >= 0.3 is 0 Å². The van der Waals surface area contributed by atoms with E-state index in [2.05, 4.69) is 10.3 Å². The average molecular weight is 407 g/mol. The van der Waals surface area contributed by atoms with Crippen LogP contribution in [0.1, 0.15) is 41.6 Å². The Morgan fingerprint density at radius 1 is 1.07 bits per heavy atom. The second kappa shape index (κ2) is 9.11. The van der Waals surface area contributed by atoms with E-state index >= 15 is 0 Å². The molecule has 0 spiro atoms. The molecule has 0 radical (unpaired) electrons. The molecule has 1 aliphatic heterocycles. The lowest BCUT2D eigenvalue weighted by Crippen LogP contribution is -2.38. The third-order valence-corrected chi connectivity index (χ3v) is 5.88. The molecule has 2 aromatic carbocycles. The summed E-state index contributed by atoms with van der Waals surface area (Å²) >= 11 is 0. The number of amides is 2. The molecule has 1 fully saturated rings. The summed E-state index contributed by atoms with van der Waals surface area (Å²) in [6, 6.07) is 13.9. The molecule has 1 aromatic heterocycles. The first-order valence-corrected chi connectivity index (χ1v) is 10.5. The van der Waals surface area contributed by atoms with Crippen molar-refractivity contribution in [3.8, 4) is 0 Å². The van der Waals surface area contributed by atoms with Crippen LogP contribution in [0, 0.1) is 11.7 Å². The lowest BCUT2D eigenvalue weighted by Gasteiger charge is -2.32. The summed E-state index contributed by atoms with van der Waals surface area (Å²) in [5.41, 5.74) is 2.64. The third-order valence-electron chi connectivity index (χ3n) is 5.88. The van der Waals surface area contributed by atoms with Crippen molar-refractivity contribution in [2.45, 2.75) is 32.2 Å². The van der Waals surface area contributed by atoms with Gasteiger partial charge in [0.05, 0.1) is 0 Å². The number of halogens is 1. The topological polar surface area (TPSA) is 65.2 Å². The van der Waals surface area contributed by atoms with Crippen molar-refractivity contribution in [2.24, 2.45) is 5.92 Å². The molecule has 3 aromatic rings. The fraction of sp³-hybridized carbons (Fsp3) is 0.333. The number of likely N-dealkylation sites (tertiary alicyclic amines) is 1. The standard InChI is InChI=1S/C24H26FN3O2/c25-21-5-1-18(2-6-21)16-27-23(29)8-3-17-10-13-28(14-11-17)24(30)20-4-7-22-19(15-20)9-12-26-22/h1-2,4-7,9,12,15,17,26H,3,8,10-11,13-14,16H2,(H,27,29). The Labute approximate surface area is 175 Å². The van der Waals surface area contributed by atoms with Gasteiger partial charge in [0.1, 0.15) is 5.82 Å². The lowest BCUT2D eigenvalue weighted by atomic mass is 9.91. The third kappa shape index (κ3) is 4.87. The predicted octanol–water partition coefficient (Wildman–Crippen LogP) is 4.26. The number of rotatable bonds is 6. The Morgan fingerprint density at radius 3 is 2.60 bits per heavy atom. The zero-order chi connectivity index (χ0) is 20.9. The molecule has 4 rings (SSSR count). The number of nitrogens with one attached hydrogen (secondary N) is 2. The van der Waals surface area contributed by atoms with Gasteiger partial charge < -0.3 is 15.2 Å². The molecule has 5 nitrogen and oxygen atoms in total. The highest BCUT2D eigenvalue weighted by Crippen LogP contribution is 2.24. The van der Waals surface area contributed by atoms with Crippen LogP contribution in [0.5, 0.6) is 0 Å². The normalized spacial score (nSPS) is 14.8. The molecule has 0 saturated carbocycles. The molecule has 30 heavy (non-hydrogen) atoms. The van der Waals surface area contributed by atoms with Crippen LogP contribution in [0.25, 0.3) is 10.9 Å². The van der Waals surface area contributed by atoms with Crippen molar-refractivity contribution < 1.29 is 14.0 Å². The molecule has 156 valence electrons. The van der Waals surface area contributed by atoms with Gasteiger partial charge in [-0.15, -0.1) is 0 Å². The lowest BCUT2D eigenvalue weighted by molar-refractivity contribution is -0.121. The number of fused-ring (bicyclic) bond motifs is 1. The molecule has 2 N–H and O–H groups in total. The maximum Gasteiger partial charge on any atom is 0.253 e. The van der Waals surface area contributed by atoms with Crippen molar-refractivity contribution >= 4 is 22.7 Å². The summed E-state index contributed by atoms with van der Waals surface area (Å²) in [6.45, 7) is 1.87. The molecule has 1 saturated heterocycles. The minimum Gasteiger partial charge on any atom is -0.361 e. The van der Waals surface area contributed by atoms with Crippen molar-refractivity contribution in [3.05, 3.63) is 71.7 Å². The van der Waals surface area contributed by atoms with Gasteiger partial charge in [-0.1, -0.05) is 12.1 Å². The van der Waals surface area contributed by atoms with Gasteiger partial charge in [-0.2, -0.15) is 0 Å². The van der Waals surface area contributed by atoms with E-state index in [4.69, 9.17) is 0 Å². The molecular formula is C24H26FN3O2. The largest absolute Gasteiger partial charge is 0.361 e. The van der Waals surface area contributed by atoms with E-state index in [9.17, 15) is 14.0 Å². The van der Waals surface area contributed by atoms with Crippen LogP contribution >= 0.6 is 0 Å². The van der Waals surface area contributed by atoms with Crippen LogP contribution in [0.2, 0.25) is 0 Å². The smallest absolute Gasteiger partial charge is 0.253 e. The SMILES string of the molecule is O=C(CCC1CCN(C(=O)c2ccc3[nH]ccc3c2)CC1)NCc1ccc(F)cc1. The summed E-state index contributed by atoms with van der Waals surface area (Å²) in [6.07, 6.45) is 5.02. The quantitative estimate of drug-likeness (QED) is 0.641. The molecule has 1 aliphatic rings. The van der Waals surface area contributed by atoms with Gasteiger partial charge in [-0.05, 0) is 67.1 Å². The zero-order valence-electron chi connectivity index (χ0n) is 16.9. The van der Waals surface area contributed by atoms with Crippen molar-refractivity contribution in [1.29, 1.82) is 0 Å². The number of aromatic nitrogens is 1. The summed E-state index contributed by atoms with van der Waals surface area (Å²) in [5.74, 6) is 0.268. The molecule has 0 bridgehead atoms. The number of hydrogen-bond donors (Lipinski definition) is 2. The fourth-order valence-corrected chi connectivity index (χ4v) is 4.02. The van der Waals surface area contributed by atoms with Crippen LogP contribution in [-0.2, 0) is 11.3 Å². The molecule has 6 heteroatoms. The number of carbonyl (C=O) groups is 2. The van der Waals surface area contributed by atoms with Crippen LogP contribution in [0.3, 0.4) is 0 Å². The first-order valence-electron chi connectivity index (χ1n) is 10.5. The van der Waals surface area contributed by atoms with Gasteiger partial charge in [-0.25, -0.2) is 4.39 Å². The minimum absolute atomic E-state index is 0.0117. The van der Waals surface area contributed by atoms with E-state index in [-0.39, 0.29) is 17.6 Å². The highest BCUT2D eigenvalue weighted by atomic mass is 19.1. The van der Waals surface area contributed by atoms with Crippen molar-refractivity contribution in [1.82, 2.24) is 15.2 Å². The Balaban J connectivity index is 1.20. The van der Waals surface area contributed by atoms with Gasteiger partial charge in [0, 0.05) is 48.7 Å². The van der Waals surface area contributed by atoms with Crippen LogP contribution in [0.15, 0.2) is 54.7 Å². The number of hydrogen-bond acceptors (Lipinski definition) is 2. The summed E-state index contributed by atoms with van der Waals surface area (Å²) < 4.78 is 12.9. The Morgan fingerprint density at radius 2 is 1.83 bits per heavy atom. The van der Waals surface area contributed by atoms with Gasteiger partial charge in [-0.3, -0.25) is 9.59 Å². The van der Waals surface area contributed by atoms with E-state index in [1.165, 1.54) is 12.1 Å². The molecule has 0 unspecified atom stereocenters. The number of nitrogens with zero attached hydrogens (tertiary/aromatic N) is 1. The maximum absolute atomic E-state index is 12.9. The summed E-state index contributed by atoms with van der Waals surface area (Å²) in [7, 11) is 0. The highest BCUT2D eigenvalue weighted by Gasteiger charge is 2.24. The molecular weight excluding hydrogens is 381 g/mol. The number of benzene rings is 2. The summed E-state index contributed by atoms with van der Waals surface area (Å²) in [4.78, 5) is 30.0. The van der Waals surface area contributed by atoms with E-state index in [0.717, 1.165) is 54.4 Å². The second-order valence-corrected chi connectivity index (χ2v) is 7.96. The van der Waals surface area contributed by atoms with E-state index in [1.54, 1.807) is 12.1 Å². The molecule has 0 atom stereocenters. The first kappa shape index (κ1) is 20.1. The van der Waals surface area contributed by atoms with Crippen LogP contribution in [-0.4, -0.2) is 34.8 Å². The van der Waals surface area contributed by atoms with E-state index in [1.807, 2.05) is 35.4 Å². The van der Waals surface area contributed by atoms with E-state index < -0.39 is 0 Å². The zero-order valence-corrected chi connectivity index (χ0v) is 16.9. The summed E-state index contributed by atoms with van der Waals surface area (Å²) in [5, 5.41) is 3.93. The Kier molecular flexibility index (Phi) is 6.12. The molecule has 0 aliphatic carbocycles. The maximum atomic E-state index is 12.9. The first-order chi connectivity index (χ1) is 14.6. The molecule has 2 amide bonds. The number of aromatic amines is 1. The number of carbonyl (C=O) groups excluding carboxylic acids is 2. The second-order valence-electron chi connectivity index (χ2n) is 7.96. The van der Waals surface area contributed by atoms with Crippen molar-refractivity contribution in [3.63, 3.8) is 0 Å². The van der Waals surface area contributed by atoms with E-state index in [0.29, 0.717) is 18.9 Å². The Hall–Kier alpha value is -3.15. The van der Waals surface area contributed by atoms with Crippen molar-refractivity contribution in [2.75, 3.05) is 13.1 Å². The van der Waals surface area contributed by atoms with Crippen LogP contribution < -0.4 is 5.32 Å². The number of piperidine rings is 1. The average Bonchev–Trinajstić information content (AvgIpc) is 3.25. The minimum atomic E-state index is -0.278. The highest BCUT2D eigenvalue weighted by molar-refractivity contribution is 5.98. The van der Waals surface area contributed by atoms with Gasteiger partial charge in [0.2, 0.25) is 5.91 Å².